The lowest BCUT2D eigenvalue weighted by Crippen LogP contribution is -2.38. The van der Waals surface area contributed by atoms with Gasteiger partial charge < -0.3 is 10.2 Å². The van der Waals surface area contributed by atoms with Crippen molar-refractivity contribution in [2.45, 2.75) is 39.5 Å². The Morgan fingerprint density at radius 1 is 1.18 bits per heavy atom. The molecule has 0 saturated carbocycles. The maximum atomic E-state index is 12.8. The van der Waals surface area contributed by atoms with Crippen LogP contribution in [0.2, 0.25) is 10.0 Å². The molecular formula is C20H26Cl2N4O2. The van der Waals surface area contributed by atoms with E-state index in [1.54, 1.807) is 23.9 Å². The van der Waals surface area contributed by atoms with Gasteiger partial charge in [-0.15, -0.1) is 0 Å². The highest BCUT2D eigenvalue weighted by Gasteiger charge is 2.22. The molecule has 0 fully saturated rings. The van der Waals surface area contributed by atoms with E-state index in [9.17, 15) is 9.59 Å². The Morgan fingerprint density at radius 3 is 2.39 bits per heavy atom. The molecule has 0 unspecified atom stereocenters. The van der Waals surface area contributed by atoms with E-state index in [0.29, 0.717) is 28.0 Å². The zero-order valence-corrected chi connectivity index (χ0v) is 18.4. The molecule has 28 heavy (non-hydrogen) atoms. The van der Waals surface area contributed by atoms with Crippen molar-refractivity contribution in [1.29, 1.82) is 0 Å². The summed E-state index contributed by atoms with van der Waals surface area (Å²) in [7, 11) is 1.77. The van der Waals surface area contributed by atoms with E-state index < -0.39 is 0 Å². The van der Waals surface area contributed by atoms with E-state index in [-0.39, 0.29) is 23.8 Å². The highest BCUT2D eigenvalue weighted by molar-refractivity contribution is 6.42. The van der Waals surface area contributed by atoms with E-state index in [4.69, 9.17) is 23.2 Å². The number of nitrogens with one attached hydrogen (secondary N) is 1. The van der Waals surface area contributed by atoms with Crippen molar-refractivity contribution in [3.63, 3.8) is 0 Å². The van der Waals surface area contributed by atoms with E-state index in [1.165, 1.54) is 11.0 Å². The van der Waals surface area contributed by atoms with Crippen molar-refractivity contribution >= 4 is 40.8 Å². The van der Waals surface area contributed by atoms with Crippen LogP contribution in [0.3, 0.4) is 0 Å². The quantitative estimate of drug-likeness (QED) is 0.740. The van der Waals surface area contributed by atoms with Gasteiger partial charge in [-0.25, -0.2) is 0 Å². The van der Waals surface area contributed by atoms with Gasteiger partial charge >= 0.3 is 0 Å². The Morgan fingerprint density at radius 2 is 1.86 bits per heavy atom. The van der Waals surface area contributed by atoms with Crippen LogP contribution in [-0.2, 0) is 17.3 Å². The van der Waals surface area contributed by atoms with Crippen molar-refractivity contribution < 1.29 is 9.59 Å². The highest BCUT2D eigenvalue weighted by Crippen LogP contribution is 2.24. The van der Waals surface area contributed by atoms with Gasteiger partial charge in [-0.3, -0.25) is 14.3 Å². The number of amides is 2. The third-order valence-electron chi connectivity index (χ3n) is 4.20. The molecule has 0 atom stereocenters. The number of carbonyl (C=O) groups excluding carboxylic acids is 2. The lowest BCUT2D eigenvalue weighted by molar-refractivity contribution is -0.116. The maximum absolute atomic E-state index is 12.8. The molecule has 1 aromatic carbocycles. The fourth-order valence-electron chi connectivity index (χ4n) is 2.64. The first-order valence-corrected chi connectivity index (χ1v) is 9.87. The van der Waals surface area contributed by atoms with E-state index in [2.05, 4.69) is 31.2 Å². The molecule has 1 N–H and O–H groups in total. The van der Waals surface area contributed by atoms with Gasteiger partial charge in [0, 0.05) is 30.6 Å². The molecule has 6 nitrogen and oxygen atoms in total. The number of halogens is 2. The number of aryl methyl sites for hydroxylation is 1. The molecule has 8 heteroatoms. The van der Waals surface area contributed by atoms with E-state index in [1.807, 2.05) is 13.0 Å². The summed E-state index contributed by atoms with van der Waals surface area (Å²) in [5, 5.41) is 7.97. The van der Waals surface area contributed by atoms with Crippen molar-refractivity contribution in [2.75, 3.05) is 18.4 Å². The van der Waals surface area contributed by atoms with Crippen LogP contribution in [0.25, 0.3) is 0 Å². The van der Waals surface area contributed by atoms with E-state index >= 15 is 0 Å². The number of benzene rings is 1. The monoisotopic (exact) mass is 424 g/mol. The topological polar surface area (TPSA) is 67.2 Å². The minimum absolute atomic E-state index is 0.0665. The van der Waals surface area contributed by atoms with Crippen LogP contribution < -0.4 is 5.32 Å². The van der Waals surface area contributed by atoms with Crippen molar-refractivity contribution in [3.8, 4) is 0 Å². The average molecular weight is 425 g/mol. The molecule has 1 heterocycles. The van der Waals surface area contributed by atoms with Crippen LogP contribution in [0.4, 0.5) is 5.82 Å². The zero-order valence-electron chi connectivity index (χ0n) is 16.8. The van der Waals surface area contributed by atoms with Gasteiger partial charge in [-0.1, -0.05) is 50.9 Å². The molecule has 0 aliphatic carbocycles. The van der Waals surface area contributed by atoms with Gasteiger partial charge in [0.25, 0.3) is 5.91 Å². The molecule has 152 valence electrons. The smallest absolute Gasteiger partial charge is 0.254 e. The SMILES string of the molecule is CCCN(CC(=O)Nc1cc(C(C)(C)C)nn1C)C(=O)c1ccc(Cl)c(Cl)c1. The third-order valence-corrected chi connectivity index (χ3v) is 4.94. The Bertz CT molecular complexity index is 872. The Hall–Kier alpha value is -2.05. The summed E-state index contributed by atoms with van der Waals surface area (Å²) in [6, 6.07) is 6.55. The summed E-state index contributed by atoms with van der Waals surface area (Å²) in [5.41, 5.74) is 1.15. The lowest BCUT2D eigenvalue weighted by Gasteiger charge is -2.22. The van der Waals surface area contributed by atoms with Crippen LogP contribution in [0.15, 0.2) is 24.3 Å². The normalized spacial score (nSPS) is 11.4. The number of hydrogen-bond acceptors (Lipinski definition) is 3. The molecule has 0 aliphatic rings. The summed E-state index contributed by atoms with van der Waals surface area (Å²) in [6.45, 7) is 8.50. The summed E-state index contributed by atoms with van der Waals surface area (Å²) in [5.74, 6) is 0.0367. The number of hydrogen-bond donors (Lipinski definition) is 1. The summed E-state index contributed by atoms with van der Waals surface area (Å²) >= 11 is 11.9. The molecule has 2 aromatic rings. The molecule has 0 radical (unpaired) electrons. The van der Waals surface area contributed by atoms with Gasteiger partial charge in [0.05, 0.1) is 15.7 Å². The molecule has 0 aliphatic heterocycles. The summed E-state index contributed by atoms with van der Waals surface area (Å²) in [6.07, 6.45) is 0.722. The predicted molar refractivity (Wildman–Crippen MR) is 113 cm³/mol. The van der Waals surface area contributed by atoms with Crippen LogP contribution >= 0.6 is 23.2 Å². The molecule has 0 spiro atoms. The first kappa shape index (κ1) is 22.2. The van der Waals surface area contributed by atoms with Crippen LogP contribution in [0.1, 0.15) is 50.2 Å². The Labute approximate surface area is 175 Å². The second-order valence-electron chi connectivity index (χ2n) is 7.69. The summed E-state index contributed by atoms with van der Waals surface area (Å²) < 4.78 is 1.63. The number of aromatic nitrogens is 2. The van der Waals surface area contributed by atoms with Crippen molar-refractivity contribution in [3.05, 3.63) is 45.6 Å². The second-order valence-corrected chi connectivity index (χ2v) is 8.51. The van der Waals surface area contributed by atoms with E-state index in [0.717, 1.165) is 12.1 Å². The molecule has 2 amide bonds. The second kappa shape index (κ2) is 8.97. The van der Waals surface area contributed by atoms with Crippen molar-refractivity contribution in [1.82, 2.24) is 14.7 Å². The summed E-state index contributed by atoms with van der Waals surface area (Å²) in [4.78, 5) is 26.9. The Kier molecular flexibility index (Phi) is 7.12. The fraction of sp³-hybridized carbons (Fsp3) is 0.450. The van der Waals surface area contributed by atoms with Gasteiger partial charge in [0.2, 0.25) is 5.91 Å². The third kappa shape index (κ3) is 5.49. The van der Waals surface area contributed by atoms with Gasteiger partial charge in [-0.05, 0) is 24.6 Å². The number of rotatable bonds is 6. The van der Waals surface area contributed by atoms with Crippen LogP contribution in [0, 0.1) is 0 Å². The largest absolute Gasteiger partial charge is 0.329 e. The molecule has 0 bridgehead atoms. The predicted octanol–water partition coefficient (Wildman–Crippen LogP) is 4.52. The zero-order chi connectivity index (χ0) is 21.1. The van der Waals surface area contributed by atoms with Gasteiger partial charge in [-0.2, -0.15) is 5.10 Å². The maximum Gasteiger partial charge on any atom is 0.254 e. The van der Waals surface area contributed by atoms with Crippen molar-refractivity contribution in [2.24, 2.45) is 7.05 Å². The number of carbonyl (C=O) groups is 2. The van der Waals surface area contributed by atoms with Gasteiger partial charge in [0.15, 0.2) is 0 Å². The lowest BCUT2D eigenvalue weighted by atomic mass is 9.92. The molecule has 0 saturated heterocycles. The standard InChI is InChI=1S/C20H26Cl2N4O2/c1-6-9-26(19(28)13-7-8-14(21)15(22)10-13)12-18(27)23-17-11-16(20(2,3)4)24-25(17)5/h7-8,10-11H,6,9,12H2,1-5H3,(H,23,27). The van der Waals surface area contributed by atoms with Crippen LogP contribution in [0.5, 0.6) is 0 Å². The fourth-order valence-corrected chi connectivity index (χ4v) is 2.94. The molecule has 1 aromatic heterocycles. The minimum atomic E-state index is -0.287. The van der Waals surface area contributed by atoms with Crippen LogP contribution in [-0.4, -0.2) is 39.6 Å². The molecule has 2 rings (SSSR count). The first-order chi connectivity index (χ1) is 13.0. The number of anilines is 1. The minimum Gasteiger partial charge on any atom is -0.329 e. The number of nitrogens with zero attached hydrogens (tertiary/aromatic N) is 3. The molecular weight excluding hydrogens is 399 g/mol. The first-order valence-electron chi connectivity index (χ1n) is 9.11. The highest BCUT2D eigenvalue weighted by atomic mass is 35.5. The average Bonchev–Trinajstić information content (AvgIpc) is 2.97. The van der Waals surface area contributed by atoms with Gasteiger partial charge in [0.1, 0.15) is 12.4 Å². The Balaban J connectivity index is 2.13.